The lowest BCUT2D eigenvalue weighted by molar-refractivity contribution is 0.241. The normalized spacial score (nSPS) is 10.6. The molecule has 1 heterocycles. The quantitative estimate of drug-likeness (QED) is 0.671. The molecule has 0 bridgehead atoms. The second-order valence-electron chi connectivity index (χ2n) is 3.76. The molecular formula is C12H14N2O2S. The van der Waals surface area contributed by atoms with E-state index >= 15 is 0 Å². The molecule has 0 atom stereocenters. The standard InChI is InChI=1S/C12H14N2O2S/c1-2-3-8-13-11(15)14-9-6-4-5-7-10(9)16-12(14)17/h4-7H,2-3,8H2,1H3,(H,13,15). The third kappa shape index (κ3) is 2.39. The van der Waals surface area contributed by atoms with E-state index in [1.807, 2.05) is 18.2 Å². The Kier molecular flexibility index (Phi) is 3.58. The Hall–Kier alpha value is -1.62. The van der Waals surface area contributed by atoms with E-state index in [2.05, 4.69) is 12.2 Å². The van der Waals surface area contributed by atoms with Gasteiger partial charge in [-0.25, -0.2) is 9.36 Å². The number of benzene rings is 1. The monoisotopic (exact) mass is 250 g/mol. The van der Waals surface area contributed by atoms with Gasteiger partial charge >= 0.3 is 6.03 Å². The summed E-state index contributed by atoms with van der Waals surface area (Å²) >= 11 is 5.04. The Labute approximate surface area is 104 Å². The average molecular weight is 250 g/mol. The van der Waals surface area contributed by atoms with Gasteiger partial charge in [-0.1, -0.05) is 25.5 Å². The van der Waals surface area contributed by atoms with Crippen LogP contribution in [-0.4, -0.2) is 17.1 Å². The highest BCUT2D eigenvalue weighted by atomic mass is 32.1. The molecule has 1 N–H and O–H groups in total. The number of rotatable bonds is 3. The van der Waals surface area contributed by atoms with Crippen molar-refractivity contribution in [2.75, 3.05) is 6.54 Å². The largest absolute Gasteiger partial charge is 0.429 e. The summed E-state index contributed by atoms with van der Waals surface area (Å²) in [5, 5.41) is 2.82. The van der Waals surface area contributed by atoms with Gasteiger partial charge in [0.2, 0.25) is 0 Å². The first-order chi connectivity index (χ1) is 8.24. The van der Waals surface area contributed by atoms with Crippen molar-refractivity contribution >= 4 is 29.3 Å². The fraction of sp³-hybridized carbons (Fsp3) is 0.333. The van der Waals surface area contributed by atoms with Gasteiger partial charge in [0, 0.05) is 6.54 Å². The van der Waals surface area contributed by atoms with Gasteiger partial charge in [-0.3, -0.25) is 0 Å². The van der Waals surface area contributed by atoms with Crippen molar-refractivity contribution in [3.63, 3.8) is 0 Å². The van der Waals surface area contributed by atoms with Gasteiger partial charge in [-0.05, 0) is 30.8 Å². The van der Waals surface area contributed by atoms with Crippen LogP contribution in [0.3, 0.4) is 0 Å². The van der Waals surface area contributed by atoms with Gasteiger partial charge in [0.05, 0.1) is 5.52 Å². The molecule has 0 aliphatic heterocycles. The van der Waals surface area contributed by atoms with E-state index in [0.29, 0.717) is 17.6 Å². The van der Waals surface area contributed by atoms with Crippen LogP contribution < -0.4 is 5.32 Å². The van der Waals surface area contributed by atoms with Crippen molar-refractivity contribution in [2.24, 2.45) is 0 Å². The zero-order valence-corrected chi connectivity index (χ0v) is 10.4. The van der Waals surface area contributed by atoms with Crippen LogP contribution in [0.15, 0.2) is 28.7 Å². The number of nitrogens with one attached hydrogen (secondary N) is 1. The van der Waals surface area contributed by atoms with Crippen LogP contribution >= 0.6 is 12.2 Å². The summed E-state index contributed by atoms with van der Waals surface area (Å²) in [6.07, 6.45) is 1.99. The molecule has 1 aromatic carbocycles. The number of carbonyl (C=O) groups excluding carboxylic acids is 1. The summed E-state index contributed by atoms with van der Waals surface area (Å²) in [6, 6.07) is 7.07. The number of para-hydroxylation sites is 2. The van der Waals surface area contributed by atoms with Crippen LogP contribution in [0.5, 0.6) is 0 Å². The molecule has 1 aromatic heterocycles. The number of aromatic nitrogens is 1. The van der Waals surface area contributed by atoms with Crippen molar-refractivity contribution in [3.8, 4) is 0 Å². The van der Waals surface area contributed by atoms with Crippen molar-refractivity contribution < 1.29 is 9.21 Å². The van der Waals surface area contributed by atoms with Gasteiger partial charge < -0.3 is 9.73 Å². The molecule has 0 radical (unpaired) electrons. The molecule has 0 saturated heterocycles. The first kappa shape index (κ1) is 11.9. The van der Waals surface area contributed by atoms with Crippen LogP contribution in [0.4, 0.5) is 4.79 Å². The molecule has 5 heteroatoms. The third-order valence-corrected chi connectivity index (χ3v) is 2.76. The van der Waals surface area contributed by atoms with Gasteiger partial charge in [-0.2, -0.15) is 0 Å². The van der Waals surface area contributed by atoms with Gasteiger partial charge in [0.15, 0.2) is 5.58 Å². The van der Waals surface area contributed by atoms with Crippen molar-refractivity contribution in [3.05, 3.63) is 29.1 Å². The maximum atomic E-state index is 11.9. The zero-order valence-electron chi connectivity index (χ0n) is 9.60. The SMILES string of the molecule is CCCCNC(=O)n1c(=S)oc2ccccc21. The minimum Gasteiger partial charge on any atom is -0.429 e. The van der Waals surface area contributed by atoms with E-state index in [1.54, 1.807) is 6.07 Å². The number of hydrogen-bond donors (Lipinski definition) is 1. The number of oxazole rings is 1. The molecule has 0 aliphatic rings. The van der Waals surface area contributed by atoms with Gasteiger partial charge in [0.25, 0.3) is 4.84 Å². The molecular weight excluding hydrogens is 236 g/mol. The predicted octanol–water partition coefficient (Wildman–Crippen LogP) is 3.32. The summed E-state index contributed by atoms with van der Waals surface area (Å²) in [7, 11) is 0. The summed E-state index contributed by atoms with van der Waals surface area (Å²) in [4.78, 5) is 12.1. The summed E-state index contributed by atoms with van der Waals surface area (Å²) in [6.45, 7) is 2.72. The maximum absolute atomic E-state index is 11.9. The minimum atomic E-state index is -0.228. The fourth-order valence-corrected chi connectivity index (χ4v) is 1.88. The van der Waals surface area contributed by atoms with E-state index < -0.39 is 0 Å². The Balaban J connectivity index is 2.31. The lowest BCUT2D eigenvalue weighted by Gasteiger charge is -2.04. The van der Waals surface area contributed by atoms with Crippen LogP contribution in [0.2, 0.25) is 0 Å². The number of fused-ring (bicyclic) bond motifs is 1. The van der Waals surface area contributed by atoms with Gasteiger partial charge in [-0.15, -0.1) is 0 Å². The van der Waals surface area contributed by atoms with Crippen LogP contribution in [-0.2, 0) is 0 Å². The number of amides is 1. The van der Waals surface area contributed by atoms with Crippen molar-refractivity contribution in [1.29, 1.82) is 0 Å². The zero-order chi connectivity index (χ0) is 12.3. The summed E-state index contributed by atoms with van der Waals surface area (Å²) < 4.78 is 6.73. The Morgan fingerprint density at radius 1 is 1.47 bits per heavy atom. The smallest absolute Gasteiger partial charge is 0.329 e. The predicted molar refractivity (Wildman–Crippen MR) is 68.7 cm³/mol. The van der Waals surface area contributed by atoms with Gasteiger partial charge in [0.1, 0.15) is 0 Å². The lowest BCUT2D eigenvalue weighted by Crippen LogP contribution is -2.29. The highest BCUT2D eigenvalue weighted by Crippen LogP contribution is 2.16. The fourth-order valence-electron chi connectivity index (χ4n) is 1.61. The van der Waals surface area contributed by atoms with Crippen LogP contribution in [0.1, 0.15) is 19.8 Å². The molecule has 4 nitrogen and oxygen atoms in total. The first-order valence-corrected chi connectivity index (χ1v) is 6.03. The second-order valence-corrected chi connectivity index (χ2v) is 4.11. The molecule has 0 fully saturated rings. The Morgan fingerprint density at radius 3 is 3.00 bits per heavy atom. The number of hydrogen-bond acceptors (Lipinski definition) is 3. The van der Waals surface area contributed by atoms with E-state index in [0.717, 1.165) is 12.8 Å². The van der Waals surface area contributed by atoms with E-state index in [-0.39, 0.29) is 10.9 Å². The van der Waals surface area contributed by atoms with Crippen molar-refractivity contribution in [1.82, 2.24) is 9.88 Å². The second kappa shape index (κ2) is 5.14. The molecule has 2 aromatic rings. The maximum Gasteiger partial charge on any atom is 0.329 e. The van der Waals surface area contributed by atoms with Crippen LogP contribution in [0.25, 0.3) is 11.1 Å². The van der Waals surface area contributed by atoms with Crippen molar-refractivity contribution in [2.45, 2.75) is 19.8 Å². The summed E-state index contributed by atoms with van der Waals surface area (Å²) in [5.41, 5.74) is 1.33. The molecule has 0 aliphatic carbocycles. The molecule has 2 rings (SSSR count). The molecule has 0 spiro atoms. The number of nitrogens with zero attached hydrogens (tertiary/aromatic N) is 1. The average Bonchev–Trinajstić information content (AvgIpc) is 2.65. The molecule has 0 unspecified atom stereocenters. The molecule has 0 saturated carbocycles. The van der Waals surface area contributed by atoms with E-state index in [9.17, 15) is 4.79 Å². The minimum absolute atomic E-state index is 0.181. The highest BCUT2D eigenvalue weighted by Gasteiger charge is 2.12. The summed E-state index contributed by atoms with van der Waals surface area (Å²) in [5.74, 6) is 0. The van der Waals surface area contributed by atoms with E-state index in [1.165, 1.54) is 4.57 Å². The number of unbranched alkanes of at least 4 members (excludes halogenated alkanes) is 1. The van der Waals surface area contributed by atoms with E-state index in [4.69, 9.17) is 16.6 Å². The molecule has 1 amide bonds. The van der Waals surface area contributed by atoms with Crippen LogP contribution in [0, 0.1) is 4.84 Å². The molecule has 90 valence electrons. The number of carbonyl (C=O) groups is 1. The first-order valence-electron chi connectivity index (χ1n) is 5.63. The Bertz CT molecular complexity index is 585. The Morgan fingerprint density at radius 2 is 2.24 bits per heavy atom. The highest BCUT2D eigenvalue weighted by molar-refractivity contribution is 7.71. The lowest BCUT2D eigenvalue weighted by atomic mass is 10.3. The third-order valence-electron chi connectivity index (χ3n) is 2.50. The topological polar surface area (TPSA) is 47.2 Å². The molecule has 17 heavy (non-hydrogen) atoms.